The van der Waals surface area contributed by atoms with Crippen LogP contribution in [0.5, 0.6) is 0 Å². The standard InChI is InChI=1S/C19H24FN3O.C2H6/c1-15-5-3-8-21-19(15)23-10-4-9-22(11-12-23)18-7-2-6-16(14-24)13-17(18)20;1-2/h2-3,5-8,13,16,24H,4,9-12,14H2,1H3;1-2H3. The fourth-order valence-electron chi connectivity index (χ4n) is 3.25. The highest BCUT2D eigenvalue weighted by atomic mass is 19.1. The molecule has 4 nitrogen and oxygen atoms in total. The second kappa shape index (κ2) is 10.1. The van der Waals surface area contributed by atoms with Crippen LogP contribution in [0.15, 0.2) is 54.2 Å². The van der Waals surface area contributed by atoms with E-state index in [1.54, 1.807) is 0 Å². The Hall–Kier alpha value is -2.14. The molecule has 1 saturated heterocycles. The van der Waals surface area contributed by atoms with Gasteiger partial charge in [0.25, 0.3) is 0 Å². The van der Waals surface area contributed by atoms with Gasteiger partial charge in [-0.05, 0) is 37.1 Å². The minimum absolute atomic E-state index is 0.0717. The molecular formula is C21H30FN3O. The predicted molar refractivity (Wildman–Crippen MR) is 106 cm³/mol. The first-order chi connectivity index (χ1) is 12.7. The van der Waals surface area contributed by atoms with Crippen molar-refractivity contribution >= 4 is 5.82 Å². The summed E-state index contributed by atoms with van der Waals surface area (Å²) >= 11 is 0. The molecule has 0 amide bonds. The zero-order valence-corrected chi connectivity index (χ0v) is 16.0. The summed E-state index contributed by atoms with van der Waals surface area (Å²) in [4.78, 5) is 8.87. The summed E-state index contributed by atoms with van der Waals surface area (Å²) in [5.74, 6) is 0.519. The maximum absolute atomic E-state index is 14.5. The molecule has 2 aliphatic rings. The lowest BCUT2D eigenvalue weighted by Crippen LogP contribution is -2.31. The van der Waals surface area contributed by atoms with E-state index in [-0.39, 0.29) is 18.4 Å². The highest BCUT2D eigenvalue weighted by Gasteiger charge is 2.21. The van der Waals surface area contributed by atoms with Crippen molar-refractivity contribution in [3.05, 3.63) is 59.7 Å². The van der Waals surface area contributed by atoms with Crippen LogP contribution in [0.1, 0.15) is 25.8 Å². The highest BCUT2D eigenvalue weighted by molar-refractivity contribution is 5.46. The number of aliphatic hydroxyl groups is 1. The van der Waals surface area contributed by atoms with E-state index in [2.05, 4.69) is 27.8 Å². The maximum Gasteiger partial charge on any atom is 0.143 e. The topological polar surface area (TPSA) is 39.6 Å². The summed E-state index contributed by atoms with van der Waals surface area (Å²) in [5.41, 5.74) is 1.78. The van der Waals surface area contributed by atoms with Gasteiger partial charge in [0.1, 0.15) is 11.6 Å². The molecule has 1 aromatic rings. The summed E-state index contributed by atoms with van der Waals surface area (Å²) in [6, 6.07) is 4.02. The Kier molecular flexibility index (Phi) is 7.85. The fraction of sp³-hybridized carbons (Fsp3) is 0.476. The SMILES string of the molecule is CC.Cc1cccnc1N1CCCN(C2=CC=CC(CO)C=C2F)CC1. The molecule has 1 aliphatic heterocycles. The molecule has 0 aromatic carbocycles. The van der Waals surface area contributed by atoms with Crippen LogP contribution in [0.4, 0.5) is 10.2 Å². The zero-order chi connectivity index (χ0) is 18.9. The van der Waals surface area contributed by atoms with Crippen molar-refractivity contribution in [1.29, 1.82) is 0 Å². The van der Waals surface area contributed by atoms with Crippen LogP contribution in [0, 0.1) is 12.8 Å². The van der Waals surface area contributed by atoms with Gasteiger partial charge in [-0.3, -0.25) is 0 Å². The van der Waals surface area contributed by atoms with E-state index in [1.165, 1.54) is 11.6 Å². The number of anilines is 1. The third kappa shape index (κ3) is 4.94. The number of aromatic nitrogens is 1. The molecule has 142 valence electrons. The van der Waals surface area contributed by atoms with Gasteiger partial charge < -0.3 is 14.9 Å². The Morgan fingerprint density at radius 1 is 1.19 bits per heavy atom. The summed E-state index contributed by atoms with van der Waals surface area (Å²) in [6.45, 7) is 9.30. The van der Waals surface area contributed by atoms with E-state index < -0.39 is 0 Å². The smallest absolute Gasteiger partial charge is 0.143 e. The van der Waals surface area contributed by atoms with Crippen molar-refractivity contribution in [1.82, 2.24) is 9.88 Å². The highest BCUT2D eigenvalue weighted by Crippen LogP contribution is 2.25. The molecular weight excluding hydrogens is 329 g/mol. The van der Waals surface area contributed by atoms with Crippen molar-refractivity contribution in [2.24, 2.45) is 5.92 Å². The van der Waals surface area contributed by atoms with Gasteiger partial charge in [-0.1, -0.05) is 32.1 Å². The molecule has 2 heterocycles. The van der Waals surface area contributed by atoms with Crippen molar-refractivity contribution in [2.45, 2.75) is 27.2 Å². The van der Waals surface area contributed by atoms with Gasteiger partial charge in [0, 0.05) is 38.3 Å². The molecule has 1 atom stereocenters. The average molecular weight is 359 g/mol. The first-order valence-corrected chi connectivity index (χ1v) is 9.47. The molecule has 3 rings (SSSR count). The number of nitrogens with zero attached hydrogens (tertiary/aromatic N) is 3. The molecule has 5 heteroatoms. The first-order valence-electron chi connectivity index (χ1n) is 9.47. The van der Waals surface area contributed by atoms with Gasteiger partial charge >= 0.3 is 0 Å². The van der Waals surface area contributed by atoms with Crippen LogP contribution in [-0.2, 0) is 0 Å². The number of allylic oxidation sites excluding steroid dienone is 3. The number of aryl methyl sites for hydroxylation is 1. The van der Waals surface area contributed by atoms with E-state index in [1.807, 2.05) is 44.3 Å². The molecule has 1 aromatic heterocycles. The van der Waals surface area contributed by atoms with E-state index in [0.717, 1.165) is 38.4 Å². The van der Waals surface area contributed by atoms with Crippen LogP contribution in [0.2, 0.25) is 0 Å². The van der Waals surface area contributed by atoms with Crippen LogP contribution < -0.4 is 4.90 Å². The molecule has 0 bridgehead atoms. The molecule has 26 heavy (non-hydrogen) atoms. The van der Waals surface area contributed by atoms with Crippen molar-refractivity contribution in [3.8, 4) is 0 Å². The molecule has 1 aliphatic carbocycles. The molecule has 1 unspecified atom stereocenters. The summed E-state index contributed by atoms with van der Waals surface area (Å²) in [6.07, 6.45) is 9.75. The molecule has 0 spiro atoms. The fourth-order valence-corrected chi connectivity index (χ4v) is 3.25. The quantitative estimate of drug-likeness (QED) is 0.890. The number of aliphatic hydroxyl groups excluding tert-OH is 1. The Morgan fingerprint density at radius 3 is 2.65 bits per heavy atom. The maximum atomic E-state index is 14.5. The van der Waals surface area contributed by atoms with Gasteiger partial charge in [-0.25, -0.2) is 9.37 Å². The van der Waals surface area contributed by atoms with E-state index in [9.17, 15) is 9.50 Å². The molecule has 0 saturated carbocycles. The van der Waals surface area contributed by atoms with Gasteiger partial charge in [0.15, 0.2) is 0 Å². The summed E-state index contributed by atoms with van der Waals surface area (Å²) < 4.78 is 14.5. The summed E-state index contributed by atoms with van der Waals surface area (Å²) in [5, 5.41) is 9.25. The van der Waals surface area contributed by atoms with E-state index >= 15 is 0 Å². The minimum Gasteiger partial charge on any atom is -0.395 e. The van der Waals surface area contributed by atoms with Crippen LogP contribution in [-0.4, -0.2) is 47.8 Å². The zero-order valence-electron chi connectivity index (χ0n) is 16.0. The lowest BCUT2D eigenvalue weighted by molar-refractivity contribution is 0.272. The summed E-state index contributed by atoms with van der Waals surface area (Å²) in [7, 11) is 0. The number of hydrogen-bond acceptors (Lipinski definition) is 4. The van der Waals surface area contributed by atoms with Gasteiger partial charge in [-0.2, -0.15) is 0 Å². The van der Waals surface area contributed by atoms with Gasteiger partial charge in [-0.15, -0.1) is 0 Å². The first kappa shape index (κ1) is 20.2. The van der Waals surface area contributed by atoms with Gasteiger partial charge in [0.05, 0.1) is 12.3 Å². The molecule has 1 fully saturated rings. The van der Waals surface area contributed by atoms with E-state index in [0.29, 0.717) is 5.70 Å². The predicted octanol–water partition coefficient (Wildman–Crippen LogP) is 3.84. The monoisotopic (exact) mass is 359 g/mol. The second-order valence-corrected chi connectivity index (χ2v) is 6.27. The second-order valence-electron chi connectivity index (χ2n) is 6.27. The normalized spacial score (nSPS) is 20.4. The number of rotatable bonds is 3. The Balaban J connectivity index is 0.00000117. The largest absolute Gasteiger partial charge is 0.395 e. The average Bonchev–Trinajstić information content (AvgIpc) is 3.02. The minimum atomic E-state index is -0.251. The van der Waals surface area contributed by atoms with Crippen molar-refractivity contribution < 1.29 is 9.50 Å². The number of hydrogen-bond donors (Lipinski definition) is 1. The van der Waals surface area contributed by atoms with Crippen molar-refractivity contribution in [2.75, 3.05) is 37.7 Å². The van der Waals surface area contributed by atoms with E-state index in [4.69, 9.17) is 0 Å². The van der Waals surface area contributed by atoms with Crippen LogP contribution >= 0.6 is 0 Å². The number of halogens is 1. The third-order valence-corrected chi connectivity index (χ3v) is 4.55. The number of pyridine rings is 1. The lowest BCUT2D eigenvalue weighted by Gasteiger charge is -2.26. The Bertz CT molecular complexity index is 669. The third-order valence-electron chi connectivity index (χ3n) is 4.55. The lowest BCUT2D eigenvalue weighted by atomic mass is 10.1. The molecule has 0 radical (unpaired) electrons. The van der Waals surface area contributed by atoms with Crippen molar-refractivity contribution in [3.63, 3.8) is 0 Å². The van der Waals surface area contributed by atoms with Crippen LogP contribution in [0.25, 0.3) is 0 Å². The van der Waals surface area contributed by atoms with Gasteiger partial charge in [0.2, 0.25) is 0 Å². The van der Waals surface area contributed by atoms with Crippen LogP contribution in [0.3, 0.4) is 0 Å². The molecule has 1 N–H and O–H groups in total. The Labute approximate surface area is 156 Å². The Morgan fingerprint density at radius 2 is 1.92 bits per heavy atom.